The van der Waals surface area contributed by atoms with E-state index in [-0.39, 0.29) is 5.75 Å². The van der Waals surface area contributed by atoms with Crippen LogP contribution in [0.15, 0.2) is 23.2 Å². The first kappa shape index (κ1) is 9.13. The van der Waals surface area contributed by atoms with Gasteiger partial charge in [0, 0.05) is 10.0 Å². The largest absolute Gasteiger partial charge is 0.504 e. The highest BCUT2D eigenvalue weighted by molar-refractivity contribution is 9.10. The van der Waals surface area contributed by atoms with Gasteiger partial charge in [0.05, 0.1) is 7.11 Å². The summed E-state index contributed by atoms with van der Waals surface area (Å²) >= 11 is 3.29. The van der Waals surface area contributed by atoms with Gasteiger partial charge in [-0.2, -0.15) is 0 Å². The summed E-state index contributed by atoms with van der Waals surface area (Å²) in [5, 5.41) is 9.50. The maximum absolute atomic E-state index is 9.50. The Kier molecular flexibility index (Phi) is 2.76. The van der Waals surface area contributed by atoms with E-state index in [1.165, 1.54) is 7.11 Å². The Hall–Kier alpha value is -0.960. The molecule has 0 aliphatic heterocycles. The van der Waals surface area contributed by atoms with E-state index < -0.39 is 0 Å². The normalized spacial score (nSPS) is 9.50. The van der Waals surface area contributed by atoms with E-state index >= 15 is 0 Å². The SMILES string of the molecule is C=Cc1cc(Br)cc(OC)c1O. The Balaban J connectivity index is 3.31. The lowest BCUT2D eigenvalue weighted by molar-refractivity contribution is 0.372. The molecule has 64 valence electrons. The van der Waals surface area contributed by atoms with Gasteiger partial charge >= 0.3 is 0 Å². The number of ether oxygens (including phenoxy) is 1. The maximum Gasteiger partial charge on any atom is 0.165 e. The fraction of sp³-hybridized carbons (Fsp3) is 0.111. The molecule has 0 spiro atoms. The molecule has 0 heterocycles. The number of hydrogen-bond donors (Lipinski definition) is 1. The van der Waals surface area contributed by atoms with Crippen LogP contribution in [0.25, 0.3) is 6.08 Å². The van der Waals surface area contributed by atoms with Crippen LogP contribution in [0.5, 0.6) is 11.5 Å². The molecule has 0 amide bonds. The average molecular weight is 229 g/mol. The van der Waals surface area contributed by atoms with Gasteiger partial charge in [0.15, 0.2) is 11.5 Å². The molecule has 12 heavy (non-hydrogen) atoms. The Morgan fingerprint density at radius 3 is 2.75 bits per heavy atom. The molecule has 2 nitrogen and oxygen atoms in total. The Bertz CT molecular complexity index is 308. The predicted octanol–water partition coefficient (Wildman–Crippen LogP) is 2.81. The quantitative estimate of drug-likeness (QED) is 0.844. The summed E-state index contributed by atoms with van der Waals surface area (Å²) in [5.74, 6) is 0.565. The first-order valence-corrected chi connectivity index (χ1v) is 4.17. The second-order valence-corrected chi connectivity index (χ2v) is 3.17. The van der Waals surface area contributed by atoms with Gasteiger partial charge in [0.2, 0.25) is 0 Å². The van der Waals surface area contributed by atoms with Crippen LogP contribution in [-0.2, 0) is 0 Å². The third kappa shape index (κ3) is 1.61. The number of halogens is 1. The van der Waals surface area contributed by atoms with Crippen LogP contribution in [0.2, 0.25) is 0 Å². The summed E-state index contributed by atoms with van der Waals surface area (Å²) in [4.78, 5) is 0. The predicted molar refractivity (Wildman–Crippen MR) is 52.4 cm³/mol. The van der Waals surface area contributed by atoms with Crippen molar-refractivity contribution in [2.24, 2.45) is 0 Å². The number of phenols is 1. The minimum absolute atomic E-state index is 0.121. The van der Waals surface area contributed by atoms with Crippen LogP contribution in [-0.4, -0.2) is 12.2 Å². The first-order chi connectivity index (χ1) is 5.69. The molecule has 1 aromatic carbocycles. The monoisotopic (exact) mass is 228 g/mol. The standard InChI is InChI=1S/C9H9BrO2/c1-3-6-4-7(10)5-8(12-2)9(6)11/h3-5,11H,1H2,2H3. The summed E-state index contributed by atoms with van der Waals surface area (Å²) in [6.45, 7) is 3.57. The van der Waals surface area contributed by atoms with E-state index in [2.05, 4.69) is 22.5 Å². The smallest absolute Gasteiger partial charge is 0.165 e. The van der Waals surface area contributed by atoms with Gasteiger partial charge < -0.3 is 9.84 Å². The number of benzene rings is 1. The van der Waals surface area contributed by atoms with Crippen molar-refractivity contribution in [3.05, 3.63) is 28.7 Å². The van der Waals surface area contributed by atoms with Gasteiger partial charge in [-0.15, -0.1) is 0 Å². The van der Waals surface area contributed by atoms with Crippen molar-refractivity contribution >= 4 is 22.0 Å². The molecule has 0 saturated heterocycles. The van der Waals surface area contributed by atoms with Crippen molar-refractivity contribution in [2.75, 3.05) is 7.11 Å². The highest BCUT2D eigenvalue weighted by Crippen LogP contribution is 2.33. The van der Waals surface area contributed by atoms with Crippen molar-refractivity contribution in [2.45, 2.75) is 0 Å². The minimum Gasteiger partial charge on any atom is -0.504 e. The Morgan fingerprint density at radius 1 is 1.58 bits per heavy atom. The fourth-order valence-electron chi connectivity index (χ4n) is 0.906. The van der Waals surface area contributed by atoms with Gasteiger partial charge in [-0.1, -0.05) is 28.6 Å². The van der Waals surface area contributed by atoms with Gasteiger partial charge in [-0.25, -0.2) is 0 Å². The lowest BCUT2D eigenvalue weighted by Crippen LogP contribution is -1.85. The summed E-state index contributed by atoms with van der Waals surface area (Å²) in [5.41, 5.74) is 0.654. The van der Waals surface area contributed by atoms with Crippen LogP contribution < -0.4 is 4.74 Å². The van der Waals surface area contributed by atoms with Crippen molar-refractivity contribution in [1.82, 2.24) is 0 Å². The lowest BCUT2D eigenvalue weighted by atomic mass is 10.2. The van der Waals surface area contributed by atoms with E-state index in [0.29, 0.717) is 11.3 Å². The third-order valence-electron chi connectivity index (χ3n) is 1.51. The van der Waals surface area contributed by atoms with Gasteiger partial charge in [-0.05, 0) is 12.1 Å². The molecule has 0 atom stereocenters. The van der Waals surface area contributed by atoms with E-state index in [0.717, 1.165) is 4.47 Å². The summed E-state index contributed by atoms with van der Waals surface area (Å²) < 4.78 is 5.79. The molecular weight excluding hydrogens is 220 g/mol. The molecule has 1 N–H and O–H groups in total. The van der Waals surface area contributed by atoms with Crippen molar-refractivity contribution < 1.29 is 9.84 Å². The van der Waals surface area contributed by atoms with Crippen LogP contribution >= 0.6 is 15.9 Å². The molecule has 0 bridgehead atoms. The van der Waals surface area contributed by atoms with Crippen LogP contribution in [0.4, 0.5) is 0 Å². The molecule has 0 fully saturated rings. The molecule has 0 aliphatic rings. The van der Waals surface area contributed by atoms with Crippen molar-refractivity contribution in [1.29, 1.82) is 0 Å². The van der Waals surface area contributed by atoms with Gasteiger partial charge in [0.25, 0.3) is 0 Å². The minimum atomic E-state index is 0.121. The Morgan fingerprint density at radius 2 is 2.25 bits per heavy atom. The highest BCUT2D eigenvalue weighted by atomic mass is 79.9. The lowest BCUT2D eigenvalue weighted by Gasteiger charge is -2.06. The molecule has 3 heteroatoms. The maximum atomic E-state index is 9.50. The van der Waals surface area contributed by atoms with E-state index in [1.807, 2.05) is 0 Å². The number of aromatic hydroxyl groups is 1. The molecule has 1 aromatic rings. The van der Waals surface area contributed by atoms with Crippen molar-refractivity contribution in [3.8, 4) is 11.5 Å². The molecular formula is C9H9BrO2. The number of phenolic OH excluding ortho intramolecular Hbond substituents is 1. The van der Waals surface area contributed by atoms with Crippen LogP contribution in [0, 0.1) is 0 Å². The third-order valence-corrected chi connectivity index (χ3v) is 1.97. The summed E-state index contributed by atoms with van der Waals surface area (Å²) in [7, 11) is 1.51. The topological polar surface area (TPSA) is 29.5 Å². The van der Waals surface area contributed by atoms with E-state index in [1.54, 1.807) is 18.2 Å². The first-order valence-electron chi connectivity index (χ1n) is 3.38. The van der Waals surface area contributed by atoms with E-state index in [4.69, 9.17) is 4.74 Å². The second-order valence-electron chi connectivity index (χ2n) is 2.25. The second kappa shape index (κ2) is 3.63. The van der Waals surface area contributed by atoms with Gasteiger partial charge in [-0.3, -0.25) is 0 Å². The average Bonchev–Trinajstić information content (AvgIpc) is 2.08. The summed E-state index contributed by atoms with van der Waals surface area (Å²) in [6, 6.07) is 3.47. The molecule has 0 saturated carbocycles. The molecule has 0 aromatic heterocycles. The zero-order chi connectivity index (χ0) is 9.14. The molecule has 0 unspecified atom stereocenters. The zero-order valence-corrected chi connectivity index (χ0v) is 8.26. The van der Waals surface area contributed by atoms with Gasteiger partial charge in [0.1, 0.15) is 0 Å². The number of rotatable bonds is 2. The zero-order valence-electron chi connectivity index (χ0n) is 6.67. The molecule has 0 aliphatic carbocycles. The fourth-order valence-corrected chi connectivity index (χ4v) is 1.36. The Labute approximate surface area is 79.6 Å². The highest BCUT2D eigenvalue weighted by Gasteiger charge is 2.06. The number of hydrogen-bond acceptors (Lipinski definition) is 2. The number of methoxy groups -OCH3 is 1. The van der Waals surface area contributed by atoms with Crippen LogP contribution in [0.3, 0.4) is 0 Å². The molecule has 0 radical (unpaired) electrons. The van der Waals surface area contributed by atoms with Crippen LogP contribution in [0.1, 0.15) is 5.56 Å². The van der Waals surface area contributed by atoms with E-state index in [9.17, 15) is 5.11 Å². The molecule has 1 rings (SSSR count). The van der Waals surface area contributed by atoms with Crippen molar-refractivity contribution in [3.63, 3.8) is 0 Å². The summed E-state index contributed by atoms with van der Waals surface area (Å²) in [6.07, 6.45) is 1.57.